The van der Waals surface area contributed by atoms with Crippen LogP contribution in [0.4, 0.5) is 14.5 Å². The van der Waals surface area contributed by atoms with Crippen LogP contribution in [-0.4, -0.2) is 51.2 Å². The lowest BCUT2D eigenvalue weighted by Gasteiger charge is -2.37. The minimum absolute atomic E-state index is 0.0353. The minimum atomic E-state index is -4.56. The molecule has 150 valence electrons. The third-order valence-electron chi connectivity index (χ3n) is 5.70. The van der Waals surface area contributed by atoms with E-state index in [0.717, 1.165) is 44.5 Å². The fourth-order valence-corrected chi connectivity index (χ4v) is 4.54. The molecule has 27 heavy (non-hydrogen) atoms. The topological polar surface area (TPSA) is 57.7 Å². The Hall–Kier alpha value is -1.70. The summed E-state index contributed by atoms with van der Waals surface area (Å²) in [5, 5.41) is 0. The number of carbonyl (C=O) groups excluding carboxylic acids is 1. The summed E-state index contributed by atoms with van der Waals surface area (Å²) in [5.74, 6) is -2.44. The van der Waals surface area contributed by atoms with Crippen LogP contribution in [0.2, 0.25) is 0 Å². The minimum Gasteiger partial charge on any atom is -0.371 e. The SMILES string of the molecule is CC1CCN(C(=O)C2CCN(c3ccc(S(=O)(=O)C(F)F)cc3)CC2)CC1. The van der Waals surface area contributed by atoms with Gasteiger partial charge in [-0.25, -0.2) is 8.42 Å². The Balaban J connectivity index is 1.57. The zero-order valence-corrected chi connectivity index (χ0v) is 16.3. The first-order valence-corrected chi connectivity index (χ1v) is 11.0. The van der Waals surface area contributed by atoms with E-state index in [-0.39, 0.29) is 16.7 Å². The van der Waals surface area contributed by atoms with Crippen LogP contribution in [0.5, 0.6) is 0 Å². The molecule has 0 spiro atoms. The number of sulfone groups is 1. The van der Waals surface area contributed by atoms with Crippen molar-refractivity contribution in [2.24, 2.45) is 11.8 Å². The van der Waals surface area contributed by atoms with E-state index in [1.807, 2.05) is 4.90 Å². The Kier molecular flexibility index (Phi) is 6.03. The molecule has 3 rings (SSSR count). The highest BCUT2D eigenvalue weighted by molar-refractivity contribution is 7.91. The number of halogens is 2. The summed E-state index contributed by atoms with van der Waals surface area (Å²) >= 11 is 0. The lowest BCUT2D eigenvalue weighted by molar-refractivity contribution is -0.137. The first kappa shape index (κ1) is 20.0. The Morgan fingerprint density at radius 2 is 1.56 bits per heavy atom. The number of benzene rings is 1. The largest absolute Gasteiger partial charge is 0.371 e. The normalized spacial score (nSPS) is 20.3. The van der Waals surface area contributed by atoms with Gasteiger partial charge in [0, 0.05) is 37.8 Å². The molecule has 2 aliphatic heterocycles. The van der Waals surface area contributed by atoms with Crippen LogP contribution in [0.1, 0.15) is 32.6 Å². The van der Waals surface area contributed by atoms with E-state index in [4.69, 9.17) is 0 Å². The second-order valence-electron chi connectivity index (χ2n) is 7.57. The van der Waals surface area contributed by atoms with Gasteiger partial charge in [0.2, 0.25) is 15.7 Å². The molecule has 0 unspecified atom stereocenters. The first-order chi connectivity index (χ1) is 12.8. The number of rotatable bonds is 4. The van der Waals surface area contributed by atoms with Gasteiger partial charge in [-0.2, -0.15) is 8.78 Å². The number of hydrogen-bond donors (Lipinski definition) is 0. The van der Waals surface area contributed by atoms with Gasteiger partial charge >= 0.3 is 5.76 Å². The van der Waals surface area contributed by atoms with Crippen molar-refractivity contribution in [2.75, 3.05) is 31.1 Å². The molecule has 0 saturated carbocycles. The van der Waals surface area contributed by atoms with Crippen molar-refractivity contribution in [2.45, 2.75) is 43.3 Å². The second kappa shape index (κ2) is 8.12. The molecule has 1 aromatic carbocycles. The van der Waals surface area contributed by atoms with Crippen molar-refractivity contribution in [3.8, 4) is 0 Å². The summed E-state index contributed by atoms with van der Waals surface area (Å²) < 4.78 is 48.2. The maximum Gasteiger partial charge on any atom is 0.341 e. The molecule has 2 fully saturated rings. The molecular weight excluding hydrogens is 374 g/mol. The van der Waals surface area contributed by atoms with E-state index in [0.29, 0.717) is 19.0 Å². The maximum absolute atomic E-state index is 12.7. The van der Waals surface area contributed by atoms with Crippen LogP contribution >= 0.6 is 0 Å². The number of nitrogens with zero attached hydrogens (tertiary/aromatic N) is 2. The molecule has 0 N–H and O–H groups in total. The molecule has 0 aliphatic carbocycles. The van der Waals surface area contributed by atoms with E-state index >= 15 is 0 Å². The van der Waals surface area contributed by atoms with Gasteiger partial charge in [-0.3, -0.25) is 4.79 Å². The second-order valence-corrected chi connectivity index (χ2v) is 9.49. The fourth-order valence-electron chi connectivity index (χ4n) is 3.82. The molecule has 0 aromatic heterocycles. The smallest absolute Gasteiger partial charge is 0.341 e. The summed E-state index contributed by atoms with van der Waals surface area (Å²) in [6, 6.07) is 5.57. The lowest BCUT2D eigenvalue weighted by atomic mass is 9.92. The van der Waals surface area contributed by atoms with Crippen molar-refractivity contribution in [1.29, 1.82) is 0 Å². The molecule has 2 aliphatic rings. The van der Waals surface area contributed by atoms with Gasteiger partial charge in [-0.05, 0) is 55.9 Å². The van der Waals surface area contributed by atoms with Crippen molar-refractivity contribution < 1.29 is 22.0 Å². The highest BCUT2D eigenvalue weighted by Crippen LogP contribution is 2.28. The van der Waals surface area contributed by atoms with Crippen LogP contribution in [-0.2, 0) is 14.6 Å². The number of likely N-dealkylation sites (tertiary alicyclic amines) is 1. The van der Waals surface area contributed by atoms with E-state index in [9.17, 15) is 22.0 Å². The van der Waals surface area contributed by atoms with Gasteiger partial charge in [-0.15, -0.1) is 0 Å². The molecule has 0 bridgehead atoms. The summed E-state index contributed by atoms with van der Waals surface area (Å²) in [6.45, 7) is 5.31. The van der Waals surface area contributed by atoms with Crippen LogP contribution in [0.3, 0.4) is 0 Å². The third kappa shape index (κ3) is 4.42. The number of alkyl halides is 2. The van der Waals surface area contributed by atoms with Gasteiger partial charge in [0.15, 0.2) is 0 Å². The lowest BCUT2D eigenvalue weighted by Crippen LogP contribution is -2.45. The van der Waals surface area contributed by atoms with Crippen LogP contribution in [0, 0.1) is 11.8 Å². The van der Waals surface area contributed by atoms with E-state index < -0.39 is 15.6 Å². The van der Waals surface area contributed by atoms with Gasteiger partial charge in [0.1, 0.15) is 0 Å². The molecule has 2 heterocycles. The molecule has 5 nitrogen and oxygen atoms in total. The average Bonchev–Trinajstić information content (AvgIpc) is 2.68. The van der Waals surface area contributed by atoms with Crippen molar-refractivity contribution >= 4 is 21.4 Å². The quantitative estimate of drug-likeness (QED) is 0.779. The highest BCUT2D eigenvalue weighted by atomic mass is 32.2. The number of piperidine rings is 2. The first-order valence-electron chi connectivity index (χ1n) is 9.45. The fraction of sp³-hybridized carbons (Fsp3) is 0.632. The van der Waals surface area contributed by atoms with E-state index in [1.165, 1.54) is 12.1 Å². The predicted octanol–water partition coefficient (Wildman–Crippen LogP) is 3.16. The summed E-state index contributed by atoms with van der Waals surface area (Å²) in [6.07, 6.45) is 3.64. The van der Waals surface area contributed by atoms with Crippen LogP contribution in [0.25, 0.3) is 0 Å². The van der Waals surface area contributed by atoms with E-state index in [1.54, 1.807) is 12.1 Å². The Bertz CT molecular complexity index is 752. The Labute approximate surface area is 159 Å². The number of anilines is 1. The monoisotopic (exact) mass is 400 g/mol. The molecule has 0 atom stereocenters. The highest BCUT2D eigenvalue weighted by Gasteiger charge is 2.31. The molecule has 2 saturated heterocycles. The van der Waals surface area contributed by atoms with Crippen molar-refractivity contribution in [1.82, 2.24) is 4.90 Å². The molecule has 1 amide bonds. The van der Waals surface area contributed by atoms with Gasteiger partial charge in [0.05, 0.1) is 4.90 Å². The zero-order chi connectivity index (χ0) is 19.6. The van der Waals surface area contributed by atoms with E-state index in [2.05, 4.69) is 11.8 Å². The molecular formula is C19H26F2N2O3S. The van der Waals surface area contributed by atoms with Crippen LogP contribution < -0.4 is 4.90 Å². The Morgan fingerprint density at radius 1 is 1.00 bits per heavy atom. The predicted molar refractivity (Wildman–Crippen MR) is 99.5 cm³/mol. The number of hydrogen-bond acceptors (Lipinski definition) is 4. The van der Waals surface area contributed by atoms with Gasteiger partial charge in [-0.1, -0.05) is 6.92 Å². The summed E-state index contributed by atoms with van der Waals surface area (Å²) in [5.41, 5.74) is 0.793. The maximum atomic E-state index is 12.7. The standard InChI is InChI=1S/C19H26F2N2O3S/c1-14-6-10-23(11-7-14)18(24)15-8-12-22(13-9-15)16-2-4-17(5-3-16)27(25,26)19(20)21/h2-5,14-15,19H,6-13H2,1H3. The number of carbonyl (C=O) groups is 1. The number of amides is 1. The van der Waals surface area contributed by atoms with Gasteiger partial charge in [0.25, 0.3) is 0 Å². The van der Waals surface area contributed by atoms with Crippen molar-refractivity contribution in [3.63, 3.8) is 0 Å². The Morgan fingerprint density at radius 3 is 2.07 bits per heavy atom. The molecule has 1 aromatic rings. The zero-order valence-electron chi connectivity index (χ0n) is 15.5. The summed E-state index contributed by atoms with van der Waals surface area (Å²) in [4.78, 5) is 16.4. The molecule has 0 radical (unpaired) electrons. The molecule has 8 heteroatoms. The van der Waals surface area contributed by atoms with Gasteiger partial charge < -0.3 is 9.80 Å². The average molecular weight is 400 g/mol. The third-order valence-corrected chi connectivity index (χ3v) is 7.10. The summed E-state index contributed by atoms with van der Waals surface area (Å²) in [7, 11) is -4.56. The van der Waals surface area contributed by atoms with Crippen LogP contribution in [0.15, 0.2) is 29.2 Å². The van der Waals surface area contributed by atoms with Crippen molar-refractivity contribution in [3.05, 3.63) is 24.3 Å².